The van der Waals surface area contributed by atoms with Crippen LogP contribution in [0.1, 0.15) is 30.2 Å². The number of halogens is 3. The van der Waals surface area contributed by atoms with Gasteiger partial charge in [0.05, 0.1) is 17.0 Å². The van der Waals surface area contributed by atoms with Crippen molar-refractivity contribution in [2.45, 2.75) is 37.2 Å². The first-order chi connectivity index (χ1) is 12.1. The van der Waals surface area contributed by atoms with Gasteiger partial charge in [-0.1, -0.05) is 6.07 Å². The van der Waals surface area contributed by atoms with Crippen molar-refractivity contribution in [2.75, 3.05) is 13.7 Å². The number of nitrogens with zero attached hydrogens (tertiary/aromatic N) is 4. The molecule has 0 fully saturated rings. The monoisotopic (exact) mass is 390 g/mol. The fourth-order valence-electron chi connectivity index (χ4n) is 2.97. The summed E-state index contributed by atoms with van der Waals surface area (Å²) in [6.45, 7) is 2.05. The Morgan fingerprint density at radius 1 is 1.31 bits per heavy atom. The highest BCUT2D eigenvalue weighted by Gasteiger charge is 2.36. The standard InChI is InChI=1S/C15H17F3N4O3S/c1-10-7-21(8-13-19-20-14(9-25-2)22(10)13)26(23,24)12-5-3-4-11(6-12)15(16,17)18/h3-6,10H,7-9H2,1-2H3/t10-/m0/s1. The summed E-state index contributed by atoms with van der Waals surface area (Å²) < 4.78 is 72.3. The Bertz CT molecular complexity index is 911. The average Bonchev–Trinajstić information content (AvgIpc) is 2.98. The summed E-state index contributed by atoms with van der Waals surface area (Å²) in [5.41, 5.74) is -1.01. The third kappa shape index (κ3) is 3.33. The molecule has 142 valence electrons. The molecule has 11 heteroatoms. The smallest absolute Gasteiger partial charge is 0.377 e. The van der Waals surface area contributed by atoms with Crippen molar-refractivity contribution in [1.29, 1.82) is 0 Å². The summed E-state index contributed by atoms with van der Waals surface area (Å²) in [5, 5.41) is 7.98. The van der Waals surface area contributed by atoms with Crippen molar-refractivity contribution >= 4 is 10.0 Å². The van der Waals surface area contributed by atoms with Crippen molar-refractivity contribution in [3.63, 3.8) is 0 Å². The molecule has 1 atom stereocenters. The van der Waals surface area contributed by atoms with Crippen LogP contribution >= 0.6 is 0 Å². The summed E-state index contributed by atoms with van der Waals surface area (Å²) in [4.78, 5) is -0.399. The molecule has 2 heterocycles. The summed E-state index contributed by atoms with van der Waals surface area (Å²) in [6.07, 6.45) is -4.62. The van der Waals surface area contributed by atoms with Gasteiger partial charge in [0.25, 0.3) is 0 Å². The number of hydrogen-bond donors (Lipinski definition) is 0. The second-order valence-electron chi connectivity index (χ2n) is 6.01. The summed E-state index contributed by atoms with van der Waals surface area (Å²) >= 11 is 0. The Kier molecular flexibility index (Phi) is 4.80. The molecule has 1 aromatic carbocycles. The highest BCUT2D eigenvalue weighted by Crippen LogP contribution is 2.32. The fraction of sp³-hybridized carbons (Fsp3) is 0.467. The molecule has 1 aliphatic rings. The minimum absolute atomic E-state index is 0.0698. The van der Waals surface area contributed by atoms with Crippen LogP contribution in [0.5, 0.6) is 0 Å². The molecule has 1 aliphatic heterocycles. The maximum atomic E-state index is 12.9. The lowest BCUT2D eigenvalue weighted by molar-refractivity contribution is -0.137. The van der Waals surface area contributed by atoms with E-state index < -0.39 is 26.7 Å². The van der Waals surface area contributed by atoms with Crippen LogP contribution in [0.15, 0.2) is 29.2 Å². The molecule has 0 radical (unpaired) electrons. The first-order valence-corrected chi connectivity index (χ1v) is 9.17. The molecule has 3 rings (SSSR count). The SMILES string of the molecule is COCc1nnc2n1[C@@H](C)CN(S(=O)(=O)c1cccc(C(F)(F)F)c1)C2. The molecule has 0 amide bonds. The number of sulfonamides is 1. The van der Waals surface area contributed by atoms with E-state index >= 15 is 0 Å². The first-order valence-electron chi connectivity index (χ1n) is 7.73. The predicted octanol–water partition coefficient (Wildman–Crippen LogP) is 2.21. The molecule has 26 heavy (non-hydrogen) atoms. The van der Waals surface area contributed by atoms with E-state index in [1.807, 2.05) is 0 Å². The molecule has 2 aromatic rings. The van der Waals surface area contributed by atoms with Gasteiger partial charge in [0, 0.05) is 19.7 Å². The molecule has 0 unspecified atom stereocenters. The number of ether oxygens (including phenoxy) is 1. The third-order valence-corrected chi connectivity index (χ3v) is 5.94. The van der Waals surface area contributed by atoms with Gasteiger partial charge in [-0.3, -0.25) is 0 Å². The zero-order chi connectivity index (χ0) is 19.1. The molecule has 1 aromatic heterocycles. The van der Waals surface area contributed by atoms with E-state index in [9.17, 15) is 21.6 Å². The Hall–Kier alpha value is -1.98. The minimum Gasteiger partial charge on any atom is -0.377 e. The highest BCUT2D eigenvalue weighted by molar-refractivity contribution is 7.89. The second-order valence-corrected chi connectivity index (χ2v) is 7.95. The van der Waals surface area contributed by atoms with Crippen LogP contribution in [-0.2, 0) is 34.1 Å². The van der Waals surface area contributed by atoms with Gasteiger partial charge in [0.15, 0.2) is 5.82 Å². The van der Waals surface area contributed by atoms with Crippen LogP contribution in [0.2, 0.25) is 0 Å². The molecular weight excluding hydrogens is 373 g/mol. The van der Waals surface area contributed by atoms with Gasteiger partial charge in [0.2, 0.25) is 10.0 Å². The maximum absolute atomic E-state index is 12.9. The molecular formula is C15H17F3N4O3S. The van der Waals surface area contributed by atoms with E-state index in [2.05, 4.69) is 10.2 Å². The van der Waals surface area contributed by atoms with E-state index in [1.165, 1.54) is 7.11 Å². The van der Waals surface area contributed by atoms with Crippen molar-refractivity contribution in [3.05, 3.63) is 41.5 Å². The molecule has 0 N–H and O–H groups in total. The van der Waals surface area contributed by atoms with Gasteiger partial charge in [-0.2, -0.15) is 17.5 Å². The Morgan fingerprint density at radius 3 is 2.69 bits per heavy atom. The van der Waals surface area contributed by atoms with E-state index in [0.29, 0.717) is 17.7 Å². The van der Waals surface area contributed by atoms with Gasteiger partial charge < -0.3 is 9.30 Å². The number of rotatable bonds is 4. The van der Waals surface area contributed by atoms with Gasteiger partial charge in [0.1, 0.15) is 12.4 Å². The predicted molar refractivity (Wildman–Crippen MR) is 84.5 cm³/mol. The topological polar surface area (TPSA) is 77.3 Å². The second kappa shape index (κ2) is 6.63. The molecule has 0 spiro atoms. The molecule has 0 bridgehead atoms. The van der Waals surface area contributed by atoms with Crippen LogP contribution in [0.3, 0.4) is 0 Å². The van der Waals surface area contributed by atoms with E-state index in [1.54, 1.807) is 11.5 Å². The Labute approximate surface area is 148 Å². The van der Waals surface area contributed by atoms with E-state index in [4.69, 9.17) is 4.74 Å². The number of alkyl halides is 3. The van der Waals surface area contributed by atoms with Crippen LogP contribution in [0, 0.1) is 0 Å². The fourth-order valence-corrected chi connectivity index (χ4v) is 4.49. The van der Waals surface area contributed by atoms with Crippen molar-refractivity contribution in [2.24, 2.45) is 0 Å². The third-order valence-electron chi connectivity index (χ3n) is 4.14. The summed E-state index contributed by atoms with van der Waals surface area (Å²) in [7, 11) is -2.59. The zero-order valence-electron chi connectivity index (χ0n) is 14.1. The van der Waals surface area contributed by atoms with Crippen LogP contribution in [-0.4, -0.2) is 41.1 Å². The average molecular weight is 390 g/mol. The number of aromatic nitrogens is 3. The van der Waals surface area contributed by atoms with Crippen molar-refractivity contribution in [3.8, 4) is 0 Å². The highest BCUT2D eigenvalue weighted by atomic mass is 32.2. The molecule has 0 saturated carbocycles. The number of fused-ring (bicyclic) bond motifs is 1. The van der Waals surface area contributed by atoms with Crippen LogP contribution in [0.25, 0.3) is 0 Å². The first kappa shape index (κ1) is 18.8. The van der Waals surface area contributed by atoms with Gasteiger partial charge in [-0.05, 0) is 25.1 Å². The van der Waals surface area contributed by atoms with E-state index in [0.717, 1.165) is 22.5 Å². The lowest BCUT2D eigenvalue weighted by Crippen LogP contribution is -2.40. The van der Waals surface area contributed by atoms with Gasteiger partial charge in [-0.25, -0.2) is 8.42 Å². The molecule has 0 aliphatic carbocycles. The number of benzene rings is 1. The lowest BCUT2D eigenvalue weighted by atomic mass is 10.2. The van der Waals surface area contributed by atoms with Gasteiger partial charge in [-0.15, -0.1) is 10.2 Å². The van der Waals surface area contributed by atoms with Crippen LogP contribution in [0.4, 0.5) is 13.2 Å². The largest absolute Gasteiger partial charge is 0.416 e. The number of hydrogen-bond acceptors (Lipinski definition) is 5. The van der Waals surface area contributed by atoms with Crippen molar-refractivity contribution in [1.82, 2.24) is 19.1 Å². The lowest BCUT2D eigenvalue weighted by Gasteiger charge is -2.31. The summed E-state index contributed by atoms with van der Waals surface area (Å²) in [6, 6.07) is 3.45. The van der Waals surface area contributed by atoms with Gasteiger partial charge >= 0.3 is 6.18 Å². The van der Waals surface area contributed by atoms with E-state index in [-0.39, 0.29) is 25.7 Å². The Morgan fingerprint density at radius 2 is 2.04 bits per heavy atom. The zero-order valence-corrected chi connectivity index (χ0v) is 14.9. The minimum atomic E-state index is -4.62. The quantitative estimate of drug-likeness (QED) is 0.800. The normalized spacial score (nSPS) is 18.7. The van der Waals surface area contributed by atoms with Crippen LogP contribution < -0.4 is 0 Å². The molecule has 7 nitrogen and oxygen atoms in total. The Balaban J connectivity index is 1.94. The van der Waals surface area contributed by atoms with Crippen molar-refractivity contribution < 1.29 is 26.3 Å². The molecule has 0 saturated heterocycles. The summed E-state index contributed by atoms with van der Waals surface area (Å²) in [5.74, 6) is 0.998. The maximum Gasteiger partial charge on any atom is 0.416 e. The number of methoxy groups -OCH3 is 1.